The highest BCUT2D eigenvalue weighted by molar-refractivity contribution is 5.32. The summed E-state index contributed by atoms with van der Waals surface area (Å²) in [6.07, 6.45) is 6.56. The lowest BCUT2D eigenvalue weighted by Gasteiger charge is -2.40. The Labute approximate surface area is 168 Å². The Morgan fingerprint density at radius 1 is 0.714 bits per heavy atom. The lowest BCUT2D eigenvalue weighted by Crippen LogP contribution is -2.48. The van der Waals surface area contributed by atoms with Crippen molar-refractivity contribution in [3.63, 3.8) is 0 Å². The third kappa shape index (κ3) is 5.86. The molecule has 1 aliphatic rings. The van der Waals surface area contributed by atoms with Crippen LogP contribution in [0.1, 0.15) is 56.2 Å². The summed E-state index contributed by atoms with van der Waals surface area (Å²) >= 11 is 0. The fourth-order valence-corrected chi connectivity index (χ4v) is 4.09. The molecule has 0 spiro atoms. The molecule has 2 nitrogen and oxygen atoms in total. The summed E-state index contributed by atoms with van der Waals surface area (Å²) in [5, 5.41) is 0. The van der Waals surface area contributed by atoms with Crippen LogP contribution in [0.5, 0.6) is 0 Å². The number of unbranched alkanes of at least 4 members (excludes halogenated alkanes) is 4. The van der Waals surface area contributed by atoms with E-state index < -0.39 is 0 Å². The standard InChI is InChI=1S/C24H32F2N2/c1-2-3-4-5-6-15-27-16-18-28(19-17-27)24(20-7-11-22(25)12-8-20)21-9-13-23(26)14-10-21/h7-14,24H,2-6,15-19H2,1H3. The second-order valence-electron chi connectivity index (χ2n) is 7.80. The zero-order chi connectivity index (χ0) is 19.8. The zero-order valence-electron chi connectivity index (χ0n) is 16.9. The second kappa shape index (κ2) is 10.7. The van der Waals surface area contributed by atoms with Crippen LogP contribution in [0.15, 0.2) is 48.5 Å². The average molecular weight is 387 g/mol. The SMILES string of the molecule is CCCCCCCN1CCN(C(c2ccc(F)cc2)c2ccc(F)cc2)CC1. The Kier molecular flexibility index (Phi) is 7.99. The minimum Gasteiger partial charge on any atom is -0.301 e. The van der Waals surface area contributed by atoms with Gasteiger partial charge in [-0.05, 0) is 48.4 Å². The van der Waals surface area contributed by atoms with Crippen molar-refractivity contribution in [2.45, 2.75) is 45.1 Å². The van der Waals surface area contributed by atoms with Crippen LogP contribution in [0.4, 0.5) is 8.78 Å². The van der Waals surface area contributed by atoms with Gasteiger partial charge in [0, 0.05) is 26.2 Å². The van der Waals surface area contributed by atoms with Crippen LogP contribution in [-0.4, -0.2) is 42.5 Å². The Morgan fingerprint density at radius 2 is 1.21 bits per heavy atom. The molecular formula is C24H32F2N2. The van der Waals surface area contributed by atoms with E-state index >= 15 is 0 Å². The van der Waals surface area contributed by atoms with Crippen LogP contribution in [0.3, 0.4) is 0 Å². The molecule has 0 N–H and O–H groups in total. The first-order valence-corrected chi connectivity index (χ1v) is 10.6. The fourth-order valence-electron chi connectivity index (χ4n) is 4.09. The molecule has 2 aromatic rings. The smallest absolute Gasteiger partial charge is 0.123 e. The Morgan fingerprint density at radius 3 is 1.71 bits per heavy atom. The highest BCUT2D eigenvalue weighted by Gasteiger charge is 2.26. The maximum absolute atomic E-state index is 13.4. The van der Waals surface area contributed by atoms with E-state index in [-0.39, 0.29) is 17.7 Å². The number of hydrogen-bond acceptors (Lipinski definition) is 2. The molecule has 1 aliphatic heterocycles. The lowest BCUT2D eigenvalue weighted by molar-refractivity contribution is 0.108. The third-order valence-electron chi connectivity index (χ3n) is 5.72. The Balaban J connectivity index is 1.63. The summed E-state index contributed by atoms with van der Waals surface area (Å²) in [7, 11) is 0. The highest BCUT2D eigenvalue weighted by atomic mass is 19.1. The molecule has 0 bridgehead atoms. The largest absolute Gasteiger partial charge is 0.301 e. The zero-order valence-corrected chi connectivity index (χ0v) is 16.9. The highest BCUT2D eigenvalue weighted by Crippen LogP contribution is 2.30. The number of piperazine rings is 1. The monoisotopic (exact) mass is 386 g/mol. The van der Waals surface area contributed by atoms with Gasteiger partial charge in [0.15, 0.2) is 0 Å². The number of rotatable bonds is 9. The maximum atomic E-state index is 13.4. The van der Waals surface area contributed by atoms with Crippen LogP contribution in [0.2, 0.25) is 0 Å². The lowest BCUT2D eigenvalue weighted by atomic mass is 9.96. The molecule has 1 heterocycles. The van der Waals surface area contributed by atoms with Gasteiger partial charge in [0.05, 0.1) is 6.04 Å². The first kappa shape index (κ1) is 20.9. The molecule has 3 rings (SSSR count). The second-order valence-corrected chi connectivity index (χ2v) is 7.80. The number of hydrogen-bond donors (Lipinski definition) is 0. The topological polar surface area (TPSA) is 6.48 Å². The van der Waals surface area contributed by atoms with Crippen LogP contribution >= 0.6 is 0 Å². The predicted octanol–water partition coefficient (Wildman–Crippen LogP) is 5.64. The summed E-state index contributed by atoms with van der Waals surface area (Å²) in [6.45, 7) is 7.45. The van der Waals surface area contributed by atoms with Crippen LogP contribution in [0, 0.1) is 11.6 Å². The van der Waals surface area contributed by atoms with Crippen LogP contribution in [0.25, 0.3) is 0 Å². The summed E-state index contributed by atoms with van der Waals surface area (Å²) in [6, 6.07) is 13.5. The van der Waals surface area contributed by atoms with Crippen molar-refractivity contribution in [1.29, 1.82) is 0 Å². The van der Waals surface area contributed by atoms with E-state index in [4.69, 9.17) is 0 Å². The first-order chi connectivity index (χ1) is 13.7. The molecular weight excluding hydrogens is 354 g/mol. The molecule has 152 valence electrons. The van der Waals surface area contributed by atoms with Gasteiger partial charge in [-0.1, -0.05) is 56.9 Å². The van der Waals surface area contributed by atoms with Gasteiger partial charge in [-0.3, -0.25) is 4.90 Å². The summed E-state index contributed by atoms with van der Waals surface area (Å²) in [4.78, 5) is 4.99. The molecule has 0 amide bonds. The molecule has 0 saturated carbocycles. The Bertz CT molecular complexity index is 646. The average Bonchev–Trinajstić information content (AvgIpc) is 2.72. The fraction of sp³-hybridized carbons (Fsp3) is 0.500. The van der Waals surface area contributed by atoms with Gasteiger partial charge in [0.25, 0.3) is 0 Å². The summed E-state index contributed by atoms with van der Waals surface area (Å²) < 4.78 is 26.9. The normalized spacial score (nSPS) is 16.0. The van der Waals surface area contributed by atoms with Crippen molar-refractivity contribution in [3.8, 4) is 0 Å². The van der Waals surface area contributed by atoms with E-state index in [2.05, 4.69) is 16.7 Å². The van der Waals surface area contributed by atoms with E-state index in [9.17, 15) is 8.78 Å². The molecule has 0 unspecified atom stereocenters. The van der Waals surface area contributed by atoms with Gasteiger partial charge in [-0.25, -0.2) is 8.78 Å². The summed E-state index contributed by atoms with van der Waals surface area (Å²) in [5.41, 5.74) is 2.11. The molecule has 0 radical (unpaired) electrons. The molecule has 1 saturated heterocycles. The minimum absolute atomic E-state index is 0.0351. The molecule has 0 aromatic heterocycles. The molecule has 0 atom stereocenters. The van der Waals surface area contributed by atoms with E-state index in [1.54, 1.807) is 0 Å². The Hall–Kier alpha value is -1.78. The maximum Gasteiger partial charge on any atom is 0.123 e. The number of benzene rings is 2. The van der Waals surface area contributed by atoms with Crippen LogP contribution < -0.4 is 0 Å². The number of halogens is 2. The van der Waals surface area contributed by atoms with Gasteiger partial charge in [-0.2, -0.15) is 0 Å². The third-order valence-corrected chi connectivity index (χ3v) is 5.72. The molecule has 4 heteroatoms. The van der Waals surface area contributed by atoms with Gasteiger partial charge >= 0.3 is 0 Å². The van der Waals surface area contributed by atoms with Crippen molar-refractivity contribution >= 4 is 0 Å². The molecule has 1 fully saturated rings. The van der Waals surface area contributed by atoms with E-state index in [0.29, 0.717) is 0 Å². The van der Waals surface area contributed by atoms with Crippen molar-refractivity contribution in [2.24, 2.45) is 0 Å². The van der Waals surface area contributed by atoms with Crippen molar-refractivity contribution in [3.05, 3.63) is 71.3 Å². The van der Waals surface area contributed by atoms with Crippen LogP contribution in [-0.2, 0) is 0 Å². The molecule has 28 heavy (non-hydrogen) atoms. The first-order valence-electron chi connectivity index (χ1n) is 10.6. The van der Waals surface area contributed by atoms with E-state index in [1.165, 1.54) is 62.9 Å². The molecule has 2 aromatic carbocycles. The number of nitrogens with zero attached hydrogens (tertiary/aromatic N) is 2. The predicted molar refractivity (Wildman–Crippen MR) is 111 cm³/mol. The summed E-state index contributed by atoms with van der Waals surface area (Å²) in [5.74, 6) is -0.455. The minimum atomic E-state index is -0.227. The van der Waals surface area contributed by atoms with Gasteiger partial charge in [0.2, 0.25) is 0 Å². The van der Waals surface area contributed by atoms with Gasteiger partial charge in [-0.15, -0.1) is 0 Å². The quantitative estimate of drug-likeness (QED) is 0.515. The van der Waals surface area contributed by atoms with Gasteiger partial charge < -0.3 is 4.90 Å². The van der Waals surface area contributed by atoms with Crippen molar-refractivity contribution in [1.82, 2.24) is 9.80 Å². The van der Waals surface area contributed by atoms with E-state index in [0.717, 1.165) is 37.3 Å². The molecule has 0 aliphatic carbocycles. The van der Waals surface area contributed by atoms with E-state index in [1.807, 2.05) is 24.3 Å². The van der Waals surface area contributed by atoms with Gasteiger partial charge in [0.1, 0.15) is 11.6 Å². The van der Waals surface area contributed by atoms with Crippen molar-refractivity contribution < 1.29 is 8.78 Å². The van der Waals surface area contributed by atoms with Crippen molar-refractivity contribution in [2.75, 3.05) is 32.7 Å².